The van der Waals surface area contributed by atoms with Gasteiger partial charge in [0.25, 0.3) is 10.0 Å². The van der Waals surface area contributed by atoms with Crippen molar-refractivity contribution < 1.29 is 12.8 Å². The molecular formula is C10H10ClFN4O2S. The van der Waals surface area contributed by atoms with Gasteiger partial charge >= 0.3 is 0 Å². The van der Waals surface area contributed by atoms with E-state index < -0.39 is 15.8 Å². The summed E-state index contributed by atoms with van der Waals surface area (Å²) < 4.78 is 40.8. The number of imidazole rings is 1. The van der Waals surface area contributed by atoms with Crippen molar-refractivity contribution in [1.82, 2.24) is 9.55 Å². The Kier molecular flexibility index (Phi) is 3.38. The molecule has 3 N–H and O–H groups in total. The van der Waals surface area contributed by atoms with Crippen LogP contribution in [0.25, 0.3) is 0 Å². The fraction of sp³-hybridized carbons (Fsp3) is 0.100. The number of nitrogen functional groups attached to an aromatic ring is 1. The van der Waals surface area contributed by atoms with E-state index >= 15 is 0 Å². The molecule has 102 valence electrons. The summed E-state index contributed by atoms with van der Waals surface area (Å²) in [6, 6.07) is 3.36. The fourth-order valence-electron chi connectivity index (χ4n) is 1.58. The highest BCUT2D eigenvalue weighted by molar-refractivity contribution is 7.92. The third-order valence-corrected chi connectivity index (χ3v) is 4.01. The Morgan fingerprint density at radius 3 is 2.63 bits per heavy atom. The summed E-state index contributed by atoms with van der Waals surface area (Å²) >= 11 is 5.65. The second kappa shape index (κ2) is 4.71. The lowest BCUT2D eigenvalue weighted by molar-refractivity contribution is 0.591. The predicted molar refractivity (Wildman–Crippen MR) is 69.8 cm³/mol. The molecule has 0 fully saturated rings. The van der Waals surface area contributed by atoms with E-state index in [0.29, 0.717) is 0 Å². The lowest BCUT2D eigenvalue weighted by Crippen LogP contribution is -2.17. The minimum Gasteiger partial charge on any atom is -0.381 e. The van der Waals surface area contributed by atoms with Gasteiger partial charge in [0.05, 0.1) is 12.0 Å². The normalized spacial score (nSPS) is 11.5. The maximum atomic E-state index is 13.1. The van der Waals surface area contributed by atoms with Gasteiger partial charge in [-0.3, -0.25) is 4.72 Å². The van der Waals surface area contributed by atoms with Crippen molar-refractivity contribution in [3.8, 4) is 0 Å². The molecule has 9 heteroatoms. The Bertz CT molecular complexity index is 689. The third-order valence-electron chi connectivity index (χ3n) is 2.28. The Morgan fingerprint density at radius 1 is 1.42 bits per heavy atom. The van der Waals surface area contributed by atoms with Crippen molar-refractivity contribution in [3.05, 3.63) is 35.4 Å². The Morgan fingerprint density at radius 2 is 2.11 bits per heavy atom. The highest BCUT2D eigenvalue weighted by Crippen LogP contribution is 2.23. The summed E-state index contributed by atoms with van der Waals surface area (Å²) in [5, 5.41) is -0.122. The van der Waals surface area contributed by atoms with Crippen molar-refractivity contribution in [2.75, 3.05) is 10.5 Å². The first-order chi connectivity index (χ1) is 8.79. The first kappa shape index (κ1) is 13.6. The number of aryl methyl sites for hydroxylation is 1. The van der Waals surface area contributed by atoms with Crippen LogP contribution in [0.1, 0.15) is 0 Å². The number of nitrogens with two attached hydrogens (primary N) is 1. The zero-order chi connectivity index (χ0) is 14.2. The molecule has 0 saturated heterocycles. The number of anilines is 2. The third kappa shape index (κ3) is 2.79. The maximum Gasteiger partial charge on any atom is 0.281 e. The molecule has 0 saturated carbocycles. The van der Waals surface area contributed by atoms with Crippen molar-refractivity contribution in [2.45, 2.75) is 5.03 Å². The van der Waals surface area contributed by atoms with Gasteiger partial charge in [0, 0.05) is 12.1 Å². The summed E-state index contributed by atoms with van der Waals surface area (Å²) in [4.78, 5) is 3.68. The van der Waals surface area contributed by atoms with E-state index in [1.807, 2.05) is 0 Å². The van der Waals surface area contributed by atoms with Crippen LogP contribution in [0.4, 0.5) is 15.9 Å². The molecule has 0 amide bonds. The lowest BCUT2D eigenvalue weighted by atomic mass is 10.3. The molecule has 1 aromatic carbocycles. The molecule has 0 radical (unpaired) electrons. The molecule has 6 nitrogen and oxygen atoms in total. The van der Waals surface area contributed by atoms with Crippen LogP contribution in [0.5, 0.6) is 0 Å². The Labute approximate surface area is 114 Å². The van der Waals surface area contributed by atoms with E-state index in [1.54, 1.807) is 0 Å². The van der Waals surface area contributed by atoms with Gasteiger partial charge in [-0.25, -0.2) is 9.37 Å². The van der Waals surface area contributed by atoms with Crippen molar-refractivity contribution in [3.63, 3.8) is 0 Å². The van der Waals surface area contributed by atoms with Crippen LogP contribution >= 0.6 is 11.6 Å². The quantitative estimate of drug-likeness (QED) is 0.901. The van der Waals surface area contributed by atoms with Crippen LogP contribution in [-0.2, 0) is 17.1 Å². The maximum absolute atomic E-state index is 13.1. The van der Waals surface area contributed by atoms with Crippen LogP contribution in [-0.4, -0.2) is 18.0 Å². The molecule has 0 atom stereocenters. The molecule has 2 aromatic rings. The number of nitrogens with zero attached hydrogens (tertiary/aromatic N) is 2. The number of aromatic nitrogens is 2. The van der Waals surface area contributed by atoms with Gasteiger partial charge in [0.1, 0.15) is 5.82 Å². The molecule has 0 spiro atoms. The monoisotopic (exact) mass is 304 g/mol. The molecular weight excluding hydrogens is 295 g/mol. The standard InChI is InChI=1S/C10H10ClFN4O2S/c1-16-5-14-9(13)10(16)19(17,18)15-8-3-6(11)2-7(12)4-8/h2-5,15H,13H2,1H3. The van der Waals surface area contributed by atoms with Gasteiger partial charge in [0.2, 0.25) is 0 Å². The van der Waals surface area contributed by atoms with Crippen molar-refractivity contribution >= 4 is 33.1 Å². The van der Waals surface area contributed by atoms with E-state index in [4.69, 9.17) is 17.3 Å². The molecule has 1 heterocycles. The highest BCUT2D eigenvalue weighted by Gasteiger charge is 2.22. The number of sulfonamides is 1. The fourth-order valence-corrected chi connectivity index (χ4v) is 3.08. The van der Waals surface area contributed by atoms with Gasteiger partial charge in [-0.2, -0.15) is 8.42 Å². The second-order valence-electron chi connectivity index (χ2n) is 3.81. The summed E-state index contributed by atoms with van der Waals surface area (Å²) in [5.41, 5.74) is 5.49. The molecule has 0 aliphatic heterocycles. The Hall–Kier alpha value is -1.80. The van der Waals surface area contributed by atoms with Gasteiger partial charge in [-0.05, 0) is 18.2 Å². The molecule has 0 aliphatic carbocycles. The van der Waals surface area contributed by atoms with Gasteiger partial charge in [-0.1, -0.05) is 11.6 Å². The average molecular weight is 305 g/mol. The number of hydrogen-bond acceptors (Lipinski definition) is 4. The first-order valence-electron chi connectivity index (χ1n) is 5.05. The minimum atomic E-state index is -3.96. The lowest BCUT2D eigenvalue weighted by Gasteiger charge is -2.09. The van der Waals surface area contributed by atoms with Crippen LogP contribution in [0.3, 0.4) is 0 Å². The van der Waals surface area contributed by atoms with Crippen LogP contribution in [0, 0.1) is 5.82 Å². The smallest absolute Gasteiger partial charge is 0.281 e. The van der Waals surface area contributed by atoms with Gasteiger partial charge in [0.15, 0.2) is 10.8 Å². The highest BCUT2D eigenvalue weighted by atomic mass is 35.5. The molecule has 2 rings (SSSR count). The largest absolute Gasteiger partial charge is 0.381 e. The molecule has 1 aromatic heterocycles. The van der Waals surface area contributed by atoms with E-state index in [1.165, 1.54) is 24.0 Å². The first-order valence-corrected chi connectivity index (χ1v) is 6.91. The second-order valence-corrected chi connectivity index (χ2v) is 5.84. The molecule has 0 bridgehead atoms. The topological polar surface area (TPSA) is 90.0 Å². The van der Waals surface area contributed by atoms with Crippen LogP contribution < -0.4 is 10.5 Å². The number of nitrogens with one attached hydrogen (secondary N) is 1. The van der Waals surface area contributed by atoms with Gasteiger partial charge in [-0.15, -0.1) is 0 Å². The van der Waals surface area contributed by atoms with Crippen LogP contribution in [0.2, 0.25) is 5.02 Å². The molecule has 0 unspecified atom stereocenters. The average Bonchev–Trinajstić information content (AvgIpc) is 2.56. The number of hydrogen-bond donors (Lipinski definition) is 2. The van der Waals surface area contributed by atoms with Gasteiger partial charge < -0.3 is 10.3 Å². The zero-order valence-electron chi connectivity index (χ0n) is 9.76. The van der Waals surface area contributed by atoms with E-state index in [-0.39, 0.29) is 21.6 Å². The SMILES string of the molecule is Cn1cnc(N)c1S(=O)(=O)Nc1cc(F)cc(Cl)c1. The Balaban J connectivity index is 2.42. The predicted octanol–water partition coefficient (Wildman–Crippen LogP) is 1.60. The zero-order valence-corrected chi connectivity index (χ0v) is 11.3. The van der Waals surface area contributed by atoms with Crippen LogP contribution in [0.15, 0.2) is 29.6 Å². The molecule has 0 aliphatic rings. The van der Waals surface area contributed by atoms with E-state index in [9.17, 15) is 12.8 Å². The minimum absolute atomic E-state index is 0.00519. The summed E-state index contributed by atoms with van der Waals surface area (Å²) in [5.74, 6) is -0.791. The number of rotatable bonds is 3. The van der Waals surface area contributed by atoms with E-state index in [0.717, 1.165) is 12.1 Å². The number of halogens is 2. The summed E-state index contributed by atoms with van der Waals surface area (Å²) in [6.45, 7) is 0. The molecule has 19 heavy (non-hydrogen) atoms. The summed E-state index contributed by atoms with van der Waals surface area (Å²) in [7, 11) is -2.48. The van der Waals surface area contributed by atoms with E-state index in [2.05, 4.69) is 9.71 Å². The van der Waals surface area contributed by atoms with Crippen molar-refractivity contribution in [1.29, 1.82) is 0 Å². The number of benzene rings is 1. The van der Waals surface area contributed by atoms with Crippen molar-refractivity contribution in [2.24, 2.45) is 7.05 Å². The summed E-state index contributed by atoms with van der Waals surface area (Å²) in [6.07, 6.45) is 1.27.